The second kappa shape index (κ2) is 3.09. The largest absolute Gasteiger partial charge is 0.465 e. The second-order valence-corrected chi connectivity index (χ2v) is 4.34. The first-order chi connectivity index (χ1) is 6.85. The van der Waals surface area contributed by atoms with Gasteiger partial charge in [0.1, 0.15) is 0 Å². The van der Waals surface area contributed by atoms with Crippen LogP contribution >= 0.6 is 10.5 Å². The van der Waals surface area contributed by atoms with Crippen LogP contribution < -0.4 is 0 Å². The zero-order valence-electron chi connectivity index (χ0n) is 6.91. The Bertz CT molecular complexity index is 323. The van der Waals surface area contributed by atoms with Crippen LogP contribution in [-0.2, 0) is 14.0 Å². The van der Waals surface area contributed by atoms with Gasteiger partial charge in [-0.3, -0.25) is 4.89 Å². The van der Waals surface area contributed by atoms with Gasteiger partial charge < -0.3 is 0 Å². The first kappa shape index (κ1) is 16.1. The molecule has 0 amide bonds. The van der Waals surface area contributed by atoms with Crippen LogP contribution in [0.5, 0.6) is 0 Å². The Morgan fingerprint density at radius 2 is 1.24 bits per heavy atom. The maximum Gasteiger partial charge on any atom is 0.465 e. The molecule has 0 saturated carbocycles. The summed E-state index contributed by atoms with van der Waals surface area (Å²) >= 11 is 0. The molecule has 0 aliphatic heterocycles. The SMILES string of the molecule is O=C(OOS(F)(F)(F)(F)F)C(F)(F)C(F)(F)F. The highest BCUT2D eigenvalue weighted by atomic mass is 32.5. The van der Waals surface area contributed by atoms with E-state index in [0.29, 0.717) is 0 Å². The fourth-order valence-electron chi connectivity index (χ4n) is 0.263. The highest BCUT2D eigenvalue weighted by Gasteiger charge is 2.71. The Morgan fingerprint density at radius 3 is 1.47 bits per heavy atom. The standard InChI is InChI=1S/C3F10O3S/c4-2(5,3(6,7)8)1(14)15-16-17(9,10,11,12)13. The molecule has 0 aromatic rings. The summed E-state index contributed by atoms with van der Waals surface area (Å²) in [4.78, 5) is 11.6. The van der Waals surface area contributed by atoms with E-state index in [0.717, 1.165) is 0 Å². The van der Waals surface area contributed by atoms with Gasteiger partial charge >= 0.3 is 28.6 Å². The molecule has 17 heavy (non-hydrogen) atoms. The normalized spacial score (nSPS) is 18.2. The topological polar surface area (TPSA) is 35.5 Å². The van der Waals surface area contributed by atoms with E-state index in [4.69, 9.17) is 0 Å². The zero-order valence-corrected chi connectivity index (χ0v) is 7.73. The molecular formula is C3F10O3S. The summed E-state index contributed by atoms with van der Waals surface area (Å²) in [5, 5.41) is 0. The van der Waals surface area contributed by atoms with Crippen molar-refractivity contribution in [2.75, 3.05) is 0 Å². The maximum atomic E-state index is 11.9. The number of halogens is 10. The van der Waals surface area contributed by atoms with Crippen LogP contribution in [0.2, 0.25) is 0 Å². The molecule has 14 heteroatoms. The van der Waals surface area contributed by atoms with Gasteiger partial charge in [0.15, 0.2) is 0 Å². The van der Waals surface area contributed by atoms with Gasteiger partial charge in [0, 0.05) is 0 Å². The molecule has 0 bridgehead atoms. The molecule has 0 aliphatic carbocycles. The maximum absolute atomic E-state index is 11.9. The zero-order chi connectivity index (χ0) is 14.4. The molecule has 0 saturated heterocycles. The Morgan fingerprint density at radius 1 is 0.882 bits per heavy atom. The molecule has 0 fully saturated rings. The molecule has 3 nitrogen and oxygen atoms in total. The molecule has 0 aromatic heterocycles. The van der Waals surface area contributed by atoms with Crippen molar-refractivity contribution >= 4 is 16.5 Å². The molecule has 0 unspecified atom stereocenters. The number of rotatable bonds is 3. The fourth-order valence-corrected chi connectivity index (χ4v) is 0.454. The van der Waals surface area contributed by atoms with Crippen molar-refractivity contribution in [3.8, 4) is 0 Å². The lowest BCUT2D eigenvalue weighted by molar-refractivity contribution is -0.308. The smallest absolute Gasteiger partial charge is 0.271 e. The average molecular weight is 306 g/mol. The molecule has 0 N–H and O–H groups in total. The van der Waals surface area contributed by atoms with Gasteiger partial charge in [-0.1, -0.05) is 19.4 Å². The van der Waals surface area contributed by atoms with Gasteiger partial charge in [-0.15, -0.1) is 0 Å². The van der Waals surface area contributed by atoms with Gasteiger partial charge in [-0.25, -0.2) is 4.79 Å². The Hall–Kier alpha value is -0.920. The van der Waals surface area contributed by atoms with Gasteiger partial charge in [0.05, 0.1) is 0 Å². The third-order valence-electron chi connectivity index (χ3n) is 0.851. The van der Waals surface area contributed by atoms with Crippen LogP contribution in [0.1, 0.15) is 0 Å². The van der Waals surface area contributed by atoms with Gasteiger partial charge in [-0.05, 0) is 4.33 Å². The highest BCUT2D eigenvalue weighted by molar-refractivity contribution is 8.42. The second-order valence-electron chi connectivity index (χ2n) is 2.41. The third kappa shape index (κ3) is 5.29. The Labute approximate surface area is 85.1 Å². The number of hydrogen-bond donors (Lipinski definition) is 0. The van der Waals surface area contributed by atoms with E-state index in [1.807, 2.05) is 0 Å². The van der Waals surface area contributed by atoms with E-state index in [9.17, 15) is 46.2 Å². The van der Waals surface area contributed by atoms with E-state index in [-0.39, 0.29) is 0 Å². The number of carbonyl (C=O) groups is 1. The van der Waals surface area contributed by atoms with Crippen LogP contribution in [0, 0.1) is 0 Å². The lowest BCUT2D eigenvalue weighted by atomic mass is 10.3. The quantitative estimate of drug-likeness (QED) is 0.451. The van der Waals surface area contributed by atoms with Crippen molar-refractivity contribution in [2.45, 2.75) is 12.1 Å². The summed E-state index contributed by atoms with van der Waals surface area (Å²) in [6, 6.07) is 0. The third-order valence-corrected chi connectivity index (χ3v) is 1.18. The average Bonchev–Trinajstić information content (AvgIpc) is 1.93. The van der Waals surface area contributed by atoms with Crippen molar-refractivity contribution in [3.63, 3.8) is 0 Å². The summed E-state index contributed by atoms with van der Waals surface area (Å²) in [6.45, 7) is 0. The van der Waals surface area contributed by atoms with Crippen LogP contribution in [0.15, 0.2) is 0 Å². The minimum Gasteiger partial charge on any atom is -0.271 e. The highest BCUT2D eigenvalue weighted by Crippen LogP contribution is 2.98. The summed E-state index contributed by atoms with van der Waals surface area (Å²) in [7, 11) is -10.9. The molecule has 0 rings (SSSR count). The molecule has 0 spiro atoms. The molecule has 0 aliphatic rings. The minimum absolute atomic E-state index is 1.20. The first-order valence-electron chi connectivity index (χ1n) is 2.96. The van der Waals surface area contributed by atoms with Crippen molar-refractivity contribution in [1.29, 1.82) is 0 Å². The van der Waals surface area contributed by atoms with Crippen molar-refractivity contribution in [1.82, 2.24) is 0 Å². The van der Waals surface area contributed by atoms with E-state index >= 15 is 0 Å². The summed E-state index contributed by atoms with van der Waals surface area (Å²) < 4.78 is 115. The van der Waals surface area contributed by atoms with Crippen molar-refractivity contribution in [3.05, 3.63) is 0 Å². The van der Waals surface area contributed by atoms with E-state index in [2.05, 4.69) is 0 Å². The minimum atomic E-state index is -10.9. The molecule has 0 atom stereocenters. The summed E-state index contributed by atoms with van der Waals surface area (Å²) in [6.07, 6.45) is -6.62. The van der Waals surface area contributed by atoms with Crippen molar-refractivity contribution < 1.29 is 55.4 Å². The van der Waals surface area contributed by atoms with Gasteiger partial charge in [-0.2, -0.15) is 22.0 Å². The van der Waals surface area contributed by atoms with Crippen LogP contribution in [0.3, 0.4) is 0 Å². The van der Waals surface area contributed by atoms with Gasteiger partial charge in [0.25, 0.3) is 0 Å². The Kier molecular flexibility index (Phi) is 2.93. The van der Waals surface area contributed by atoms with Crippen molar-refractivity contribution in [2.24, 2.45) is 0 Å². The monoisotopic (exact) mass is 306 g/mol. The molecule has 106 valence electrons. The molecule has 0 heterocycles. The lowest BCUT2D eigenvalue weighted by Gasteiger charge is -2.35. The number of carbonyl (C=O) groups excluding carboxylic acids is 1. The van der Waals surface area contributed by atoms with E-state index < -0.39 is 28.6 Å². The molecule has 0 aromatic carbocycles. The number of alkyl halides is 5. The summed E-state index contributed by atoms with van der Waals surface area (Å²) in [5.74, 6) is -10.4. The molecule has 0 radical (unpaired) electrons. The van der Waals surface area contributed by atoms with Crippen LogP contribution in [-0.4, -0.2) is 18.1 Å². The summed E-state index contributed by atoms with van der Waals surface area (Å²) in [5.41, 5.74) is 0. The Balaban J connectivity index is 4.84. The van der Waals surface area contributed by atoms with Crippen LogP contribution in [0.25, 0.3) is 0 Å². The number of hydrogen-bond acceptors (Lipinski definition) is 3. The van der Waals surface area contributed by atoms with Gasteiger partial charge in [0.2, 0.25) is 0 Å². The lowest BCUT2D eigenvalue weighted by Crippen LogP contribution is -2.45. The predicted octanol–water partition coefficient (Wildman–Crippen LogP) is 3.87. The fraction of sp³-hybridized carbons (Fsp3) is 0.667. The van der Waals surface area contributed by atoms with E-state index in [1.165, 1.54) is 4.33 Å². The van der Waals surface area contributed by atoms with E-state index in [1.54, 1.807) is 4.89 Å². The molecular weight excluding hydrogens is 306 g/mol. The van der Waals surface area contributed by atoms with Crippen LogP contribution in [0.4, 0.5) is 41.4 Å². The predicted molar refractivity (Wildman–Crippen MR) is 31.3 cm³/mol. The first-order valence-corrected chi connectivity index (χ1v) is 4.83.